The van der Waals surface area contributed by atoms with E-state index in [1.165, 1.54) is 7.11 Å². The van der Waals surface area contributed by atoms with Gasteiger partial charge in [0.2, 0.25) is 0 Å². The third kappa shape index (κ3) is 3.81. The predicted molar refractivity (Wildman–Crippen MR) is 63.5 cm³/mol. The zero-order valence-electron chi connectivity index (χ0n) is 9.16. The molecule has 3 nitrogen and oxygen atoms in total. The lowest BCUT2D eigenvalue weighted by Crippen LogP contribution is -2.36. The quantitative estimate of drug-likeness (QED) is 0.751. The van der Waals surface area contributed by atoms with Crippen molar-refractivity contribution in [2.45, 2.75) is 6.43 Å². The molecule has 7 heteroatoms. The number of rotatable bonds is 6. The van der Waals surface area contributed by atoms with Crippen molar-refractivity contribution in [3.05, 3.63) is 16.3 Å². The highest BCUT2D eigenvalue weighted by molar-refractivity contribution is 7.12. The lowest BCUT2D eigenvalue weighted by Gasteiger charge is -2.20. The Hall–Kier alpha value is -0.880. The molecule has 0 radical (unpaired) electrons. The minimum Gasteiger partial charge on any atom is -0.495 e. The summed E-state index contributed by atoms with van der Waals surface area (Å²) in [4.78, 5) is 13.3. The van der Waals surface area contributed by atoms with Crippen LogP contribution in [0.2, 0.25) is 0 Å². The topological polar surface area (TPSA) is 29.5 Å². The number of thiophene rings is 1. The first kappa shape index (κ1) is 14.2. The van der Waals surface area contributed by atoms with E-state index in [-0.39, 0.29) is 12.4 Å². The molecule has 0 aromatic carbocycles. The number of methoxy groups -OCH3 is 1. The molecule has 1 aromatic heterocycles. The molecular formula is C10H12ClF2NO2S. The highest BCUT2D eigenvalue weighted by Gasteiger charge is 2.23. The summed E-state index contributed by atoms with van der Waals surface area (Å²) in [6, 6.07) is 1.62. The van der Waals surface area contributed by atoms with Crippen molar-refractivity contribution in [3.8, 4) is 5.75 Å². The number of halogens is 3. The van der Waals surface area contributed by atoms with Gasteiger partial charge in [-0.1, -0.05) is 0 Å². The van der Waals surface area contributed by atoms with E-state index in [1.807, 2.05) is 0 Å². The molecule has 0 saturated carbocycles. The Labute approximate surface area is 107 Å². The van der Waals surface area contributed by atoms with Gasteiger partial charge in [-0.2, -0.15) is 0 Å². The number of amides is 1. The Morgan fingerprint density at radius 1 is 1.65 bits per heavy atom. The van der Waals surface area contributed by atoms with E-state index in [2.05, 4.69) is 0 Å². The van der Waals surface area contributed by atoms with Crippen LogP contribution < -0.4 is 4.74 Å². The third-order valence-electron chi connectivity index (χ3n) is 2.04. The Kier molecular flexibility index (Phi) is 5.64. The highest BCUT2D eigenvalue weighted by atomic mass is 35.5. The average molecular weight is 284 g/mol. The van der Waals surface area contributed by atoms with Crippen LogP contribution in [0.5, 0.6) is 5.75 Å². The summed E-state index contributed by atoms with van der Waals surface area (Å²) in [6.07, 6.45) is -2.58. The molecule has 0 aliphatic rings. The van der Waals surface area contributed by atoms with Crippen molar-refractivity contribution in [2.75, 3.05) is 26.1 Å². The monoisotopic (exact) mass is 283 g/mol. The summed E-state index contributed by atoms with van der Waals surface area (Å²) in [5.74, 6) is 0.0400. The highest BCUT2D eigenvalue weighted by Crippen LogP contribution is 2.26. The van der Waals surface area contributed by atoms with Gasteiger partial charge in [0.1, 0.15) is 10.6 Å². The van der Waals surface area contributed by atoms with Crippen LogP contribution in [0.15, 0.2) is 11.4 Å². The molecule has 0 unspecified atom stereocenters. The smallest absolute Gasteiger partial charge is 0.267 e. The van der Waals surface area contributed by atoms with Crippen molar-refractivity contribution in [1.82, 2.24) is 4.90 Å². The Balaban J connectivity index is 2.83. The molecule has 0 fully saturated rings. The normalized spacial score (nSPS) is 10.6. The van der Waals surface area contributed by atoms with Crippen LogP contribution in [0.1, 0.15) is 9.67 Å². The molecule has 1 aromatic rings. The van der Waals surface area contributed by atoms with Gasteiger partial charge in [0.25, 0.3) is 12.3 Å². The number of alkyl halides is 3. The summed E-state index contributed by atoms with van der Waals surface area (Å²) < 4.78 is 29.6. The van der Waals surface area contributed by atoms with Gasteiger partial charge in [-0.25, -0.2) is 8.78 Å². The summed E-state index contributed by atoms with van der Waals surface area (Å²) in [6.45, 7) is -0.529. The number of hydrogen-bond acceptors (Lipinski definition) is 3. The third-order valence-corrected chi connectivity index (χ3v) is 3.10. The first-order chi connectivity index (χ1) is 8.10. The molecule has 0 aliphatic carbocycles. The van der Waals surface area contributed by atoms with Crippen molar-refractivity contribution < 1.29 is 18.3 Å². The van der Waals surface area contributed by atoms with Crippen molar-refractivity contribution in [3.63, 3.8) is 0 Å². The zero-order chi connectivity index (χ0) is 12.8. The van der Waals surface area contributed by atoms with Crippen LogP contribution in [0.3, 0.4) is 0 Å². The first-order valence-electron chi connectivity index (χ1n) is 4.85. The van der Waals surface area contributed by atoms with E-state index in [1.54, 1.807) is 11.4 Å². The minimum atomic E-state index is -2.58. The van der Waals surface area contributed by atoms with Gasteiger partial charge in [0.15, 0.2) is 0 Å². The summed E-state index contributed by atoms with van der Waals surface area (Å²) >= 11 is 6.65. The Morgan fingerprint density at radius 3 is 2.88 bits per heavy atom. The molecule has 17 heavy (non-hydrogen) atoms. The number of carbonyl (C=O) groups is 1. The summed E-state index contributed by atoms with van der Waals surface area (Å²) in [5, 5.41) is 1.67. The van der Waals surface area contributed by atoms with Gasteiger partial charge in [-0.05, 0) is 11.4 Å². The molecule has 0 saturated heterocycles. The maximum Gasteiger partial charge on any atom is 0.267 e. The maximum absolute atomic E-state index is 12.3. The molecule has 0 bridgehead atoms. The van der Waals surface area contributed by atoms with Crippen LogP contribution >= 0.6 is 22.9 Å². The van der Waals surface area contributed by atoms with Crippen LogP contribution in [-0.4, -0.2) is 43.3 Å². The van der Waals surface area contributed by atoms with Crippen LogP contribution in [0, 0.1) is 0 Å². The first-order valence-corrected chi connectivity index (χ1v) is 6.26. The number of ether oxygens (including phenoxy) is 1. The van der Waals surface area contributed by atoms with Crippen LogP contribution in [0.25, 0.3) is 0 Å². The lowest BCUT2D eigenvalue weighted by atomic mass is 10.3. The molecule has 0 aliphatic heterocycles. The van der Waals surface area contributed by atoms with E-state index in [0.717, 1.165) is 16.2 Å². The van der Waals surface area contributed by atoms with E-state index in [9.17, 15) is 13.6 Å². The number of nitrogens with zero attached hydrogens (tertiary/aromatic N) is 1. The van der Waals surface area contributed by atoms with Gasteiger partial charge in [-0.3, -0.25) is 4.79 Å². The van der Waals surface area contributed by atoms with Crippen molar-refractivity contribution in [1.29, 1.82) is 0 Å². The second-order valence-electron chi connectivity index (χ2n) is 3.15. The van der Waals surface area contributed by atoms with E-state index in [0.29, 0.717) is 10.6 Å². The molecule has 0 atom stereocenters. The van der Waals surface area contributed by atoms with Crippen LogP contribution in [-0.2, 0) is 0 Å². The van der Waals surface area contributed by atoms with Gasteiger partial charge < -0.3 is 9.64 Å². The molecule has 1 rings (SSSR count). The van der Waals surface area contributed by atoms with E-state index in [4.69, 9.17) is 16.3 Å². The Morgan fingerprint density at radius 2 is 2.35 bits per heavy atom. The molecular weight excluding hydrogens is 272 g/mol. The van der Waals surface area contributed by atoms with Gasteiger partial charge in [0, 0.05) is 12.4 Å². The van der Waals surface area contributed by atoms with Gasteiger partial charge in [0.05, 0.1) is 13.7 Å². The lowest BCUT2D eigenvalue weighted by molar-refractivity contribution is 0.0572. The molecule has 0 N–H and O–H groups in total. The summed E-state index contributed by atoms with van der Waals surface area (Å²) in [5.41, 5.74) is 0. The average Bonchev–Trinajstić information content (AvgIpc) is 2.74. The summed E-state index contributed by atoms with van der Waals surface area (Å²) in [7, 11) is 1.43. The molecule has 96 valence electrons. The zero-order valence-corrected chi connectivity index (χ0v) is 10.7. The van der Waals surface area contributed by atoms with Crippen molar-refractivity contribution in [2.24, 2.45) is 0 Å². The van der Waals surface area contributed by atoms with Crippen molar-refractivity contribution >= 4 is 28.8 Å². The molecule has 1 amide bonds. The number of hydrogen-bond donors (Lipinski definition) is 0. The second kappa shape index (κ2) is 6.76. The van der Waals surface area contributed by atoms with Gasteiger partial charge >= 0.3 is 0 Å². The fourth-order valence-corrected chi connectivity index (χ4v) is 2.33. The molecule has 0 spiro atoms. The Bertz CT molecular complexity index is 373. The largest absolute Gasteiger partial charge is 0.495 e. The maximum atomic E-state index is 12.3. The predicted octanol–water partition coefficient (Wildman–Crippen LogP) is 2.70. The van der Waals surface area contributed by atoms with Gasteiger partial charge in [-0.15, -0.1) is 22.9 Å². The van der Waals surface area contributed by atoms with E-state index >= 15 is 0 Å². The van der Waals surface area contributed by atoms with Crippen LogP contribution in [0.4, 0.5) is 8.78 Å². The molecule has 1 heterocycles. The second-order valence-corrected chi connectivity index (χ2v) is 4.44. The SMILES string of the molecule is COc1ccsc1C(=O)N(CCCl)CC(F)F. The fourth-order valence-electron chi connectivity index (χ4n) is 1.30. The minimum absolute atomic E-state index is 0.0891. The fraction of sp³-hybridized carbons (Fsp3) is 0.500. The number of carbonyl (C=O) groups excluding carboxylic acids is 1. The standard InChI is InChI=1S/C10H12ClF2NO2S/c1-16-7-2-5-17-9(7)10(15)14(4-3-11)6-8(12)13/h2,5,8H,3-4,6H2,1H3. The van der Waals surface area contributed by atoms with E-state index < -0.39 is 18.9 Å².